The number of para-hydroxylation sites is 1. The monoisotopic (exact) mass is 276 g/mol. The van der Waals surface area contributed by atoms with Crippen LogP contribution in [0.15, 0.2) is 24.3 Å². The maximum absolute atomic E-state index is 6.71. The summed E-state index contributed by atoms with van der Waals surface area (Å²) < 4.78 is 5.50. The second-order valence-electron chi connectivity index (χ2n) is 6.40. The fraction of sp³-hybridized carbons (Fsp3) is 0.647. The molecule has 1 fully saturated rings. The third-order valence-electron chi connectivity index (χ3n) is 5.08. The summed E-state index contributed by atoms with van der Waals surface area (Å²) in [5.41, 5.74) is 7.87. The minimum Gasteiger partial charge on any atom is -0.496 e. The lowest BCUT2D eigenvalue weighted by Gasteiger charge is -2.48. The first-order valence-electron chi connectivity index (χ1n) is 7.57. The van der Waals surface area contributed by atoms with Gasteiger partial charge in [0, 0.05) is 11.1 Å². The first-order valence-corrected chi connectivity index (χ1v) is 7.57. The molecular weight excluding hydrogens is 248 g/mol. The molecule has 0 aromatic heterocycles. The van der Waals surface area contributed by atoms with Gasteiger partial charge in [-0.3, -0.25) is 0 Å². The van der Waals surface area contributed by atoms with Gasteiger partial charge in [0.2, 0.25) is 0 Å². The van der Waals surface area contributed by atoms with Crippen LogP contribution in [0.3, 0.4) is 0 Å². The number of nitrogens with zero attached hydrogens (tertiary/aromatic N) is 1. The third-order valence-corrected chi connectivity index (χ3v) is 5.08. The zero-order chi connectivity index (χ0) is 14.8. The van der Waals surface area contributed by atoms with Gasteiger partial charge in [-0.2, -0.15) is 0 Å². The third kappa shape index (κ3) is 2.70. The van der Waals surface area contributed by atoms with Crippen LogP contribution in [0.1, 0.15) is 44.2 Å². The van der Waals surface area contributed by atoms with E-state index < -0.39 is 0 Å². The Hall–Kier alpha value is -1.06. The van der Waals surface area contributed by atoms with Gasteiger partial charge >= 0.3 is 0 Å². The van der Waals surface area contributed by atoms with E-state index in [-0.39, 0.29) is 11.6 Å². The van der Waals surface area contributed by atoms with Crippen LogP contribution in [0.25, 0.3) is 0 Å². The molecule has 0 heterocycles. The fourth-order valence-electron chi connectivity index (χ4n) is 3.51. The number of hydrogen-bond donors (Lipinski definition) is 1. The first-order chi connectivity index (χ1) is 9.51. The Morgan fingerprint density at radius 3 is 2.40 bits per heavy atom. The number of ether oxygens (including phenoxy) is 1. The highest BCUT2D eigenvalue weighted by Gasteiger charge is 2.42. The molecule has 2 N–H and O–H groups in total. The summed E-state index contributed by atoms with van der Waals surface area (Å²) in [7, 11) is 6.04. The van der Waals surface area contributed by atoms with Gasteiger partial charge in [0.1, 0.15) is 5.75 Å². The van der Waals surface area contributed by atoms with Crippen molar-refractivity contribution >= 4 is 0 Å². The number of nitrogens with two attached hydrogens (primary N) is 1. The van der Waals surface area contributed by atoms with Crippen LogP contribution in [0.2, 0.25) is 0 Å². The minimum absolute atomic E-state index is 0.0128. The molecule has 1 aliphatic rings. The lowest BCUT2D eigenvalue weighted by Crippen LogP contribution is -2.54. The van der Waals surface area contributed by atoms with E-state index in [4.69, 9.17) is 10.5 Å². The van der Waals surface area contributed by atoms with Crippen molar-refractivity contribution in [3.8, 4) is 5.75 Å². The van der Waals surface area contributed by atoms with E-state index in [1.54, 1.807) is 7.11 Å². The Morgan fingerprint density at radius 2 is 1.85 bits per heavy atom. The molecule has 3 nitrogen and oxygen atoms in total. The molecule has 3 heteroatoms. The van der Waals surface area contributed by atoms with Crippen molar-refractivity contribution in [1.29, 1.82) is 0 Å². The maximum atomic E-state index is 6.71. The van der Waals surface area contributed by atoms with E-state index in [0.29, 0.717) is 0 Å². The number of hydrogen-bond acceptors (Lipinski definition) is 3. The SMILES string of the molecule is COc1ccccc1C(N)C1(N(C)C)CCC(C)CC1. The van der Waals surface area contributed by atoms with Crippen molar-refractivity contribution in [2.24, 2.45) is 11.7 Å². The fourth-order valence-corrected chi connectivity index (χ4v) is 3.51. The molecule has 1 aliphatic carbocycles. The Kier molecular flexibility index (Phi) is 4.71. The molecule has 1 atom stereocenters. The van der Waals surface area contributed by atoms with Crippen LogP contribution in [0, 0.1) is 5.92 Å². The largest absolute Gasteiger partial charge is 0.496 e. The Balaban J connectivity index is 2.34. The van der Waals surface area contributed by atoms with Crippen LogP contribution in [0.5, 0.6) is 5.75 Å². The maximum Gasteiger partial charge on any atom is 0.123 e. The zero-order valence-corrected chi connectivity index (χ0v) is 13.2. The van der Waals surface area contributed by atoms with Crippen LogP contribution < -0.4 is 10.5 Å². The van der Waals surface area contributed by atoms with Gasteiger partial charge in [-0.15, -0.1) is 0 Å². The van der Waals surface area contributed by atoms with Crippen molar-refractivity contribution in [3.05, 3.63) is 29.8 Å². The number of likely N-dealkylation sites (N-methyl/N-ethyl adjacent to an activating group) is 1. The van der Waals surface area contributed by atoms with Gasteiger partial charge in [0.25, 0.3) is 0 Å². The number of methoxy groups -OCH3 is 1. The lowest BCUT2D eigenvalue weighted by atomic mass is 9.70. The average molecular weight is 276 g/mol. The van der Waals surface area contributed by atoms with E-state index in [0.717, 1.165) is 30.1 Å². The first kappa shape index (κ1) is 15.3. The molecule has 1 saturated carbocycles. The second-order valence-corrected chi connectivity index (χ2v) is 6.40. The van der Waals surface area contributed by atoms with Crippen molar-refractivity contribution < 1.29 is 4.74 Å². The van der Waals surface area contributed by atoms with E-state index in [9.17, 15) is 0 Å². The van der Waals surface area contributed by atoms with E-state index in [2.05, 4.69) is 32.0 Å². The van der Waals surface area contributed by atoms with Crippen molar-refractivity contribution in [3.63, 3.8) is 0 Å². The standard InChI is InChI=1S/C17H28N2O/c1-13-9-11-17(12-10-13,19(2)3)16(18)14-7-5-6-8-15(14)20-4/h5-8,13,16H,9-12,18H2,1-4H3. The molecule has 0 saturated heterocycles. The quantitative estimate of drug-likeness (QED) is 0.917. The van der Waals surface area contributed by atoms with E-state index in [1.165, 1.54) is 12.8 Å². The summed E-state index contributed by atoms with van der Waals surface area (Å²) in [4.78, 5) is 2.33. The molecule has 2 rings (SSSR count). The summed E-state index contributed by atoms with van der Waals surface area (Å²) in [5, 5.41) is 0. The van der Waals surface area contributed by atoms with E-state index >= 15 is 0 Å². The summed E-state index contributed by atoms with van der Waals surface area (Å²) >= 11 is 0. The highest BCUT2D eigenvalue weighted by molar-refractivity contribution is 5.38. The summed E-state index contributed by atoms with van der Waals surface area (Å²) in [6.07, 6.45) is 4.81. The minimum atomic E-state index is -0.0128. The highest BCUT2D eigenvalue weighted by atomic mass is 16.5. The van der Waals surface area contributed by atoms with Crippen molar-refractivity contribution in [2.45, 2.75) is 44.2 Å². The molecule has 20 heavy (non-hydrogen) atoms. The average Bonchev–Trinajstić information content (AvgIpc) is 2.47. The normalized spacial score (nSPS) is 28.4. The van der Waals surface area contributed by atoms with Gasteiger partial charge in [-0.05, 0) is 51.8 Å². The Bertz CT molecular complexity index is 436. The van der Waals surface area contributed by atoms with Crippen LogP contribution >= 0.6 is 0 Å². The van der Waals surface area contributed by atoms with Gasteiger partial charge in [-0.1, -0.05) is 25.1 Å². The summed E-state index contributed by atoms with van der Waals surface area (Å²) in [6.45, 7) is 2.34. The predicted octanol–water partition coefficient (Wildman–Crippen LogP) is 3.21. The summed E-state index contributed by atoms with van der Waals surface area (Å²) in [6, 6.07) is 8.14. The Morgan fingerprint density at radius 1 is 1.25 bits per heavy atom. The second kappa shape index (κ2) is 6.15. The zero-order valence-electron chi connectivity index (χ0n) is 13.2. The molecule has 0 spiro atoms. The van der Waals surface area contributed by atoms with Gasteiger partial charge in [0.05, 0.1) is 13.2 Å². The molecule has 1 aromatic carbocycles. The van der Waals surface area contributed by atoms with Gasteiger partial charge in [-0.25, -0.2) is 0 Å². The van der Waals surface area contributed by atoms with Crippen LogP contribution in [0.4, 0.5) is 0 Å². The molecule has 0 radical (unpaired) electrons. The van der Waals surface area contributed by atoms with Gasteiger partial charge in [0.15, 0.2) is 0 Å². The van der Waals surface area contributed by atoms with Gasteiger partial charge < -0.3 is 15.4 Å². The molecule has 0 aliphatic heterocycles. The molecule has 0 bridgehead atoms. The Labute approximate surface area is 123 Å². The smallest absolute Gasteiger partial charge is 0.123 e. The predicted molar refractivity (Wildman–Crippen MR) is 84.0 cm³/mol. The molecule has 1 aromatic rings. The lowest BCUT2D eigenvalue weighted by molar-refractivity contribution is 0.0557. The topological polar surface area (TPSA) is 38.5 Å². The number of rotatable bonds is 4. The highest BCUT2D eigenvalue weighted by Crippen LogP contribution is 2.44. The molecule has 0 amide bonds. The van der Waals surface area contributed by atoms with Crippen LogP contribution in [-0.4, -0.2) is 31.6 Å². The van der Waals surface area contributed by atoms with E-state index in [1.807, 2.05) is 18.2 Å². The van der Waals surface area contributed by atoms with Crippen LogP contribution in [-0.2, 0) is 0 Å². The molecular formula is C17H28N2O. The number of benzene rings is 1. The molecule has 1 unspecified atom stereocenters. The van der Waals surface area contributed by atoms with Crippen molar-refractivity contribution in [1.82, 2.24) is 4.90 Å². The molecule has 112 valence electrons. The summed E-state index contributed by atoms with van der Waals surface area (Å²) in [5.74, 6) is 1.72. The van der Waals surface area contributed by atoms with Crippen molar-refractivity contribution in [2.75, 3.05) is 21.2 Å².